The standard InChI is InChI=1S/C22H21F4N3O3/c1-5-15(28-21(31)32-22(2,3)4)19-27-16-7-6-14(25)18(26)17(16)20(30)29(19)13-9-11(23)8-12(24)10-13/h6-10,15H,5H2,1-4H3,(H,28,31)/t15-/m0/s1. The number of fused-ring (bicyclic) bond motifs is 1. The highest BCUT2D eigenvalue weighted by atomic mass is 19.2. The van der Waals surface area contributed by atoms with E-state index in [1.54, 1.807) is 27.7 Å². The van der Waals surface area contributed by atoms with Gasteiger partial charge in [-0.2, -0.15) is 0 Å². The molecular formula is C22H21F4N3O3. The zero-order valence-corrected chi connectivity index (χ0v) is 17.8. The normalized spacial score (nSPS) is 12.6. The lowest BCUT2D eigenvalue weighted by Gasteiger charge is -2.24. The molecule has 0 fully saturated rings. The second-order valence-corrected chi connectivity index (χ2v) is 8.10. The summed E-state index contributed by atoms with van der Waals surface area (Å²) in [4.78, 5) is 29.8. The Kier molecular flexibility index (Phi) is 6.25. The van der Waals surface area contributed by atoms with Crippen molar-refractivity contribution in [1.82, 2.24) is 14.9 Å². The number of hydrogen-bond donors (Lipinski definition) is 1. The van der Waals surface area contributed by atoms with E-state index in [4.69, 9.17) is 4.74 Å². The number of ether oxygens (including phenoxy) is 1. The molecule has 6 nitrogen and oxygen atoms in total. The summed E-state index contributed by atoms with van der Waals surface area (Å²) in [5.41, 5.74) is -2.38. The minimum Gasteiger partial charge on any atom is -0.444 e. The average molecular weight is 451 g/mol. The molecule has 0 saturated carbocycles. The van der Waals surface area contributed by atoms with E-state index in [0.717, 1.165) is 28.8 Å². The molecular weight excluding hydrogens is 430 g/mol. The van der Waals surface area contributed by atoms with Crippen LogP contribution < -0.4 is 10.9 Å². The fourth-order valence-corrected chi connectivity index (χ4v) is 3.18. The Morgan fingerprint density at radius 1 is 1.12 bits per heavy atom. The first-order valence-corrected chi connectivity index (χ1v) is 9.78. The second kappa shape index (κ2) is 8.60. The maximum Gasteiger partial charge on any atom is 0.408 e. The van der Waals surface area contributed by atoms with Gasteiger partial charge in [-0.1, -0.05) is 6.92 Å². The van der Waals surface area contributed by atoms with Gasteiger partial charge >= 0.3 is 6.09 Å². The largest absolute Gasteiger partial charge is 0.444 e. The Labute approximate surface area is 180 Å². The number of carbonyl (C=O) groups is 1. The summed E-state index contributed by atoms with van der Waals surface area (Å²) in [6.45, 7) is 6.64. The summed E-state index contributed by atoms with van der Waals surface area (Å²) in [5, 5.41) is 1.87. The SMILES string of the molecule is CC[C@H](NC(=O)OC(C)(C)C)c1nc2ccc(F)c(F)c2c(=O)n1-c1cc(F)cc(F)c1. The Bertz CT molecular complexity index is 1230. The lowest BCUT2D eigenvalue weighted by Crippen LogP contribution is -2.38. The van der Waals surface area contributed by atoms with Gasteiger partial charge in [0.2, 0.25) is 0 Å². The van der Waals surface area contributed by atoms with Crippen LogP contribution in [0, 0.1) is 23.3 Å². The Balaban J connectivity index is 2.29. The van der Waals surface area contributed by atoms with Crippen LogP contribution >= 0.6 is 0 Å². The van der Waals surface area contributed by atoms with Crippen molar-refractivity contribution in [2.45, 2.75) is 45.8 Å². The van der Waals surface area contributed by atoms with Crippen LogP contribution in [0.4, 0.5) is 22.4 Å². The van der Waals surface area contributed by atoms with Crippen molar-refractivity contribution in [3.05, 3.63) is 69.8 Å². The van der Waals surface area contributed by atoms with Crippen LogP contribution in [0.15, 0.2) is 35.1 Å². The van der Waals surface area contributed by atoms with Gasteiger partial charge in [0.05, 0.1) is 17.2 Å². The number of aromatic nitrogens is 2. The van der Waals surface area contributed by atoms with Gasteiger partial charge < -0.3 is 10.1 Å². The van der Waals surface area contributed by atoms with Crippen molar-refractivity contribution in [2.75, 3.05) is 0 Å². The molecule has 1 heterocycles. The summed E-state index contributed by atoms with van der Waals surface area (Å²) >= 11 is 0. The third kappa shape index (κ3) is 4.74. The highest BCUT2D eigenvalue weighted by Gasteiger charge is 2.26. The van der Waals surface area contributed by atoms with E-state index in [9.17, 15) is 27.2 Å². The molecule has 2 aromatic carbocycles. The molecule has 0 unspecified atom stereocenters. The molecule has 0 saturated heterocycles. The molecule has 1 aromatic heterocycles. The summed E-state index contributed by atoms with van der Waals surface area (Å²) in [6.07, 6.45) is -0.625. The minimum atomic E-state index is -1.44. The van der Waals surface area contributed by atoms with Gasteiger partial charge in [-0.25, -0.2) is 27.3 Å². The molecule has 0 spiro atoms. The predicted octanol–water partition coefficient (Wildman–Crippen LogP) is 4.92. The quantitative estimate of drug-likeness (QED) is 0.572. The van der Waals surface area contributed by atoms with Gasteiger partial charge in [0.15, 0.2) is 11.6 Å². The number of halogens is 4. The van der Waals surface area contributed by atoms with E-state index in [1.165, 1.54) is 0 Å². The minimum absolute atomic E-state index is 0.133. The smallest absolute Gasteiger partial charge is 0.408 e. The summed E-state index contributed by atoms with van der Waals surface area (Å²) < 4.78 is 62.1. The fraction of sp³-hybridized carbons (Fsp3) is 0.318. The van der Waals surface area contributed by atoms with Crippen molar-refractivity contribution < 1.29 is 27.1 Å². The Morgan fingerprint density at radius 3 is 2.31 bits per heavy atom. The van der Waals surface area contributed by atoms with Crippen LogP contribution in [0.5, 0.6) is 0 Å². The lowest BCUT2D eigenvalue weighted by atomic mass is 10.1. The number of hydrogen-bond acceptors (Lipinski definition) is 4. The van der Waals surface area contributed by atoms with E-state index in [-0.39, 0.29) is 23.4 Å². The van der Waals surface area contributed by atoms with Gasteiger partial charge in [0.1, 0.15) is 28.4 Å². The van der Waals surface area contributed by atoms with Gasteiger partial charge in [0.25, 0.3) is 5.56 Å². The lowest BCUT2D eigenvalue weighted by molar-refractivity contribution is 0.0499. The summed E-state index contributed by atoms with van der Waals surface area (Å²) in [7, 11) is 0. The number of alkyl carbamates (subject to hydrolysis) is 1. The molecule has 170 valence electrons. The van der Waals surface area contributed by atoms with Crippen molar-refractivity contribution in [3.8, 4) is 5.69 Å². The number of nitrogens with zero attached hydrogens (tertiary/aromatic N) is 2. The third-order valence-corrected chi connectivity index (χ3v) is 4.47. The Hall–Kier alpha value is -3.43. The fourth-order valence-electron chi connectivity index (χ4n) is 3.18. The molecule has 0 aliphatic carbocycles. The number of rotatable bonds is 4. The summed E-state index contributed by atoms with van der Waals surface area (Å²) in [5.74, 6) is -4.84. The number of carbonyl (C=O) groups excluding carboxylic acids is 1. The maximum absolute atomic E-state index is 14.5. The van der Waals surface area contributed by atoms with Crippen molar-refractivity contribution in [1.29, 1.82) is 0 Å². The van der Waals surface area contributed by atoms with Crippen molar-refractivity contribution in [3.63, 3.8) is 0 Å². The first kappa shape index (κ1) is 23.2. The van der Waals surface area contributed by atoms with Crippen LogP contribution in [0.1, 0.15) is 46.0 Å². The van der Waals surface area contributed by atoms with Crippen LogP contribution in [-0.4, -0.2) is 21.2 Å². The second-order valence-electron chi connectivity index (χ2n) is 8.10. The van der Waals surface area contributed by atoms with E-state index >= 15 is 0 Å². The first-order chi connectivity index (χ1) is 14.9. The molecule has 10 heteroatoms. The molecule has 32 heavy (non-hydrogen) atoms. The number of amides is 1. The van der Waals surface area contributed by atoms with Crippen LogP contribution in [0.3, 0.4) is 0 Å². The van der Waals surface area contributed by atoms with Crippen LogP contribution in [0.25, 0.3) is 16.6 Å². The van der Waals surface area contributed by atoms with E-state index in [2.05, 4.69) is 10.3 Å². The highest BCUT2D eigenvalue weighted by Crippen LogP contribution is 2.24. The molecule has 1 amide bonds. The maximum atomic E-state index is 14.5. The van der Waals surface area contributed by atoms with Crippen molar-refractivity contribution in [2.24, 2.45) is 0 Å². The topological polar surface area (TPSA) is 73.2 Å². The summed E-state index contributed by atoms with van der Waals surface area (Å²) in [6, 6.07) is 3.25. The molecule has 0 radical (unpaired) electrons. The van der Waals surface area contributed by atoms with Gasteiger partial charge in [-0.15, -0.1) is 0 Å². The zero-order valence-electron chi connectivity index (χ0n) is 17.8. The number of benzene rings is 2. The third-order valence-electron chi connectivity index (χ3n) is 4.47. The molecule has 0 aliphatic rings. The molecule has 3 rings (SSSR count). The predicted molar refractivity (Wildman–Crippen MR) is 110 cm³/mol. The average Bonchev–Trinajstić information content (AvgIpc) is 2.66. The zero-order chi connectivity index (χ0) is 23.8. The van der Waals surface area contributed by atoms with E-state index < -0.39 is 52.0 Å². The monoisotopic (exact) mass is 451 g/mol. The van der Waals surface area contributed by atoms with Gasteiger partial charge in [0, 0.05) is 6.07 Å². The van der Waals surface area contributed by atoms with E-state index in [1.807, 2.05) is 0 Å². The van der Waals surface area contributed by atoms with Crippen molar-refractivity contribution >= 4 is 17.0 Å². The molecule has 0 aliphatic heterocycles. The Morgan fingerprint density at radius 2 is 1.75 bits per heavy atom. The molecule has 3 aromatic rings. The highest BCUT2D eigenvalue weighted by molar-refractivity contribution is 5.79. The van der Waals surface area contributed by atoms with E-state index in [0.29, 0.717) is 6.07 Å². The molecule has 1 atom stereocenters. The van der Waals surface area contributed by atoms with Crippen LogP contribution in [0.2, 0.25) is 0 Å². The first-order valence-electron chi connectivity index (χ1n) is 9.78. The number of nitrogens with one attached hydrogen (secondary N) is 1. The molecule has 1 N–H and O–H groups in total. The molecule has 0 bridgehead atoms. The van der Waals surface area contributed by atoms with Crippen LogP contribution in [-0.2, 0) is 4.74 Å². The van der Waals surface area contributed by atoms with Gasteiger partial charge in [-0.05, 0) is 51.5 Å². The van der Waals surface area contributed by atoms with Gasteiger partial charge in [-0.3, -0.25) is 9.36 Å².